The molecule has 2 aromatic carbocycles. The zero-order chi connectivity index (χ0) is 24.4. The monoisotopic (exact) mass is 472 g/mol. The van der Waals surface area contributed by atoms with E-state index >= 15 is 0 Å². The lowest BCUT2D eigenvalue weighted by atomic mass is 9.73. The Morgan fingerprint density at radius 3 is 2.69 bits per heavy atom. The van der Waals surface area contributed by atoms with E-state index in [0.29, 0.717) is 24.0 Å². The highest BCUT2D eigenvalue weighted by molar-refractivity contribution is 5.90. The molecule has 0 N–H and O–H groups in total. The average molecular weight is 473 g/mol. The minimum Gasteiger partial charge on any atom is -0.497 e. The van der Waals surface area contributed by atoms with E-state index in [1.807, 2.05) is 43.3 Å². The van der Waals surface area contributed by atoms with Crippen molar-refractivity contribution in [3.05, 3.63) is 78.5 Å². The minimum atomic E-state index is -0.430. The summed E-state index contributed by atoms with van der Waals surface area (Å²) in [6, 6.07) is 15.0. The third kappa shape index (κ3) is 4.63. The molecular weight excluding hydrogens is 440 g/mol. The molecule has 6 rings (SSSR count). The van der Waals surface area contributed by atoms with Crippen molar-refractivity contribution in [2.75, 3.05) is 26.8 Å². The lowest BCUT2D eigenvalue weighted by molar-refractivity contribution is -0.0568. The van der Waals surface area contributed by atoms with Gasteiger partial charge in [0.1, 0.15) is 17.6 Å². The number of carbonyl (C=O) groups excluding carboxylic acids is 1. The Labute approximate surface area is 206 Å². The third-order valence-electron chi connectivity index (χ3n) is 7.43. The first-order valence-electron chi connectivity index (χ1n) is 12.3. The second kappa shape index (κ2) is 10.1. The van der Waals surface area contributed by atoms with Crippen LogP contribution in [-0.2, 0) is 4.74 Å². The molecule has 3 saturated heterocycles. The molecule has 3 aliphatic heterocycles. The number of esters is 1. The van der Waals surface area contributed by atoms with Crippen molar-refractivity contribution in [1.29, 1.82) is 0 Å². The first-order valence-corrected chi connectivity index (χ1v) is 12.3. The molecule has 0 amide bonds. The van der Waals surface area contributed by atoms with Crippen LogP contribution in [0.3, 0.4) is 0 Å². The van der Waals surface area contributed by atoms with Crippen molar-refractivity contribution in [2.45, 2.75) is 31.9 Å². The Morgan fingerprint density at radius 1 is 1.20 bits per heavy atom. The molecule has 3 aromatic rings. The molecule has 1 aromatic heterocycles. The normalized spacial score (nSPS) is 24.1. The van der Waals surface area contributed by atoms with Crippen molar-refractivity contribution < 1.29 is 19.0 Å². The van der Waals surface area contributed by atoms with Gasteiger partial charge in [-0.2, -0.15) is 0 Å². The van der Waals surface area contributed by atoms with Crippen LogP contribution in [0.15, 0.2) is 67.4 Å². The molecule has 0 spiro atoms. The van der Waals surface area contributed by atoms with Gasteiger partial charge in [-0.15, -0.1) is 6.58 Å². The number of benzene rings is 2. The molecule has 6 heteroatoms. The third-order valence-corrected chi connectivity index (χ3v) is 7.43. The van der Waals surface area contributed by atoms with Gasteiger partial charge in [0.05, 0.1) is 30.8 Å². The van der Waals surface area contributed by atoms with Crippen LogP contribution in [0.4, 0.5) is 0 Å². The van der Waals surface area contributed by atoms with Crippen molar-refractivity contribution in [2.24, 2.45) is 11.8 Å². The standard InChI is InChI=1S/C29H32N2O4/c1-4-19-18-31-15-13-21(19)16-27(31)28(35-29(32)20-6-8-22(9-7-20)34-5-2)24-12-14-30-26-11-10-23(33-3)17-25(24)26/h4,6-12,14,17,19,21,27-28H,1,5,13,15-16,18H2,2-3H3/t19-,21+,27+,28+/m1/s1. The van der Waals surface area contributed by atoms with Crippen molar-refractivity contribution >= 4 is 16.9 Å². The van der Waals surface area contributed by atoms with Crippen LogP contribution in [-0.4, -0.2) is 48.7 Å². The highest BCUT2D eigenvalue weighted by Gasteiger charge is 2.44. The number of hydrogen-bond donors (Lipinski definition) is 0. The van der Waals surface area contributed by atoms with E-state index in [9.17, 15) is 4.79 Å². The predicted octanol–water partition coefficient (Wildman–Crippen LogP) is 5.44. The van der Waals surface area contributed by atoms with E-state index in [-0.39, 0.29) is 12.0 Å². The van der Waals surface area contributed by atoms with Gasteiger partial charge >= 0.3 is 5.97 Å². The van der Waals surface area contributed by atoms with E-state index in [1.165, 1.54) is 0 Å². The maximum atomic E-state index is 13.4. The first-order chi connectivity index (χ1) is 17.1. The molecule has 0 radical (unpaired) electrons. The molecule has 3 aliphatic rings. The quantitative estimate of drug-likeness (QED) is 0.322. The average Bonchev–Trinajstić information content (AvgIpc) is 2.91. The fourth-order valence-corrected chi connectivity index (χ4v) is 5.60. The molecule has 35 heavy (non-hydrogen) atoms. The van der Waals surface area contributed by atoms with E-state index in [2.05, 4.69) is 22.5 Å². The highest BCUT2D eigenvalue weighted by atomic mass is 16.5. The molecule has 0 aliphatic carbocycles. The van der Waals surface area contributed by atoms with Crippen LogP contribution in [0, 0.1) is 11.8 Å². The fourth-order valence-electron chi connectivity index (χ4n) is 5.60. The minimum absolute atomic E-state index is 0.0911. The summed E-state index contributed by atoms with van der Waals surface area (Å²) in [4.78, 5) is 20.4. The number of nitrogens with zero attached hydrogens (tertiary/aromatic N) is 2. The SMILES string of the molecule is C=C[C@@H]1CN2CC[C@H]1C[C@H]2[C@@H](OC(=O)c1ccc(OCC)cc1)c1ccnc2ccc(OC)cc12. The van der Waals surface area contributed by atoms with Crippen LogP contribution < -0.4 is 9.47 Å². The fraction of sp³-hybridized carbons (Fsp3) is 0.379. The Balaban J connectivity index is 1.52. The van der Waals surface area contributed by atoms with Gasteiger partial charge in [0.2, 0.25) is 0 Å². The van der Waals surface area contributed by atoms with Crippen LogP contribution >= 0.6 is 0 Å². The molecule has 182 valence electrons. The number of pyridine rings is 1. The maximum absolute atomic E-state index is 13.4. The van der Waals surface area contributed by atoms with Crippen LogP contribution in [0.25, 0.3) is 10.9 Å². The second-order valence-corrected chi connectivity index (χ2v) is 9.31. The highest BCUT2D eigenvalue weighted by Crippen LogP contribution is 2.44. The Morgan fingerprint density at radius 2 is 2.00 bits per heavy atom. The first kappa shape index (κ1) is 23.4. The molecular formula is C29H32N2O4. The van der Waals surface area contributed by atoms with Crippen LogP contribution in [0.5, 0.6) is 11.5 Å². The lowest BCUT2D eigenvalue weighted by Gasteiger charge is -2.51. The molecule has 2 bridgehead atoms. The summed E-state index contributed by atoms with van der Waals surface area (Å²) in [5.74, 6) is 2.18. The van der Waals surface area contributed by atoms with E-state index < -0.39 is 6.10 Å². The number of ether oxygens (including phenoxy) is 3. The number of aromatic nitrogens is 1. The van der Waals surface area contributed by atoms with Crippen molar-refractivity contribution in [1.82, 2.24) is 9.88 Å². The number of methoxy groups -OCH3 is 1. The van der Waals surface area contributed by atoms with Gasteiger partial charge in [-0.25, -0.2) is 4.79 Å². The van der Waals surface area contributed by atoms with Gasteiger partial charge < -0.3 is 14.2 Å². The zero-order valence-corrected chi connectivity index (χ0v) is 20.4. The van der Waals surface area contributed by atoms with Gasteiger partial charge in [0, 0.05) is 23.7 Å². The van der Waals surface area contributed by atoms with Crippen LogP contribution in [0.2, 0.25) is 0 Å². The largest absolute Gasteiger partial charge is 0.497 e. The van der Waals surface area contributed by atoms with Crippen molar-refractivity contribution in [3.63, 3.8) is 0 Å². The zero-order valence-electron chi connectivity index (χ0n) is 20.4. The Bertz CT molecular complexity index is 1210. The number of carbonyl (C=O) groups is 1. The van der Waals surface area contributed by atoms with Gasteiger partial charge in [-0.1, -0.05) is 6.08 Å². The summed E-state index contributed by atoms with van der Waals surface area (Å²) in [6.45, 7) is 8.52. The predicted molar refractivity (Wildman–Crippen MR) is 136 cm³/mol. The summed E-state index contributed by atoms with van der Waals surface area (Å²) < 4.78 is 17.4. The Hall–Kier alpha value is -3.38. The molecule has 0 saturated carbocycles. The van der Waals surface area contributed by atoms with Crippen molar-refractivity contribution in [3.8, 4) is 11.5 Å². The number of hydrogen-bond acceptors (Lipinski definition) is 6. The molecule has 6 nitrogen and oxygen atoms in total. The Kier molecular flexibility index (Phi) is 6.73. The smallest absolute Gasteiger partial charge is 0.338 e. The summed E-state index contributed by atoms with van der Waals surface area (Å²) in [6.07, 6.45) is 5.56. The lowest BCUT2D eigenvalue weighted by Crippen LogP contribution is -2.55. The van der Waals surface area contributed by atoms with Gasteiger partial charge in [-0.3, -0.25) is 9.88 Å². The van der Waals surface area contributed by atoms with E-state index in [4.69, 9.17) is 14.2 Å². The number of piperidine rings is 3. The van der Waals surface area contributed by atoms with Gasteiger partial charge in [-0.05, 0) is 86.7 Å². The molecule has 4 heterocycles. The van der Waals surface area contributed by atoms with Gasteiger partial charge in [0.25, 0.3) is 0 Å². The van der Waals surface area contributed by atoms with E-state index in [1.54, 1.807) is 25.4 Å². The molecule has 1 unspecified atom stereocenters. The molecule has 3 fully saturated rings. The van der Waals surface area contributed by atoms with E-state index in [0.717, 1.165) is 53.9 Å². The number of rotatable bonds is 8. The summed E-state index contributed by atoms with van der Waals surface area (Å²) in [7, 11) is 1.65. The summed E-state index contributed by atoms with van der Waals surface area (Å²) in [5, 5.41) is 0.944. The summed E-state index contributed by atoms with van der Waals surface area (Å²) >= 11 is 0. The second-order valence-electron chi connectivity index (χ2n) is 9.31. The topological polar surface area (TPSA) is 60.9 Å². The molecule has 5 atom stereocenters. The van der Waals surface area contributed by atoms with Gasteiger partial charge in [0.15, 0.2) is 0 Å². The maximum Gasteiger partial charge on any atom is 0.338 e. The summed E-state index contributed by atoms with van der Waals surface area (Å²) in [5.41, 5.74) is 2.32. The number of fused-ring (bicyclic) bond motifs is 4. The van der Waals surface area contributed by atoms with Crippen LogP contribution in [0.1, 0.15) is 41.8 Å².